The van der Waals surface area contributed by atoms with Crippen molar-refractivity contribution in [2.24, 2.45) is 4.99 Å². The van der Waals surface area contributed by atoms with E-state index >= 15 is 0 Å². The molecule has 0 atom stereocenters. The van der Waals surface area contributed by atoms with Crippen LogP contribution in [0.2, 0.25) is 0 Å². The predicted octanol–water partition coefficient (Wildman–Crippen LogP) is 0.621. The molecule has 1 aromatic carbocycles. The van der Waals surface area contributed by atoms with Gasteiger partial charge in [0.25, 0.3) is 0 Å². The number of nitrogens with zero attached hydrogens (tertiary/aromatic N) is 1. The van der Waals surface area contributed by atoms with Gasteiger partial charge in [0.05, 0.1) is 0 Å². The average Bonchev–Trinajstić information content (AvgIpc) is 2.05. The van der Waals surface area contributed by atoms with Crippen LogP contribution in [0.4, 0.5) is 5.69 Å². The van der Waals surface area contributed by atoms with Crippen molar-refractivity contribution < 1.29 is 3.10 Å². The molecule has 0 bridgehead atoms. The molecular formula is C7H5NOTe. The minimum absolute atomic E-state index is 0.419. The van der Waals surface area contributed by atoms with E-state index in [0.717, 1.165) is 5.69 Å². The Hall–Kier alpha value is -0.520. The Morgan fingerprint density at radius 1 is 1.30 bits per heavy atom. The summed E-state index contributed by atoms with van der Waals surface area (Å²) < 4.78 is 6.42. The molecule has 1 aliphatic rings. The van der Waals surface area contributed by atoms with Gasteiger partial charge in [0.15, 0.2) is 0 Å². The molecule has 1 heterocycles. The number of fused-ring (bicyclic) bond motifs is 1. The molecule has 50 valence electrons. The van der Waals surface area contributed by atoms with Gasteiger partial charge < -0.3 is 0 Å². The zero-order chi connectivity index (χ0) is 6.81. The first-order chi connectivity index (χ1) is 4.97. The van der Waals surface area contributed by atoms with E-state index in [4.69, 9.17) is 3.10 Å². The monoisotopic (exact) mass is 249 g/mol. The van der Waals surface area contributed by atoms with Gasteiger partial charge in [-0.2, -0.15) is 0 Å². The second-order valence-electron chi connectivity index (χ2n) is 1.88. The van der Waals surface area contributed by atoms with Gasteiger partial charge in [-0.3, -0.25) is 0 Å². The van der Waals surface area contributed by atoms with Gasteiger partial charge in [0.2, 0.25) is 0 Å². The molecule has 0 spiro atoms. The van der Waals surface area contributed by atoms with Crippen molar-refractivity contribution in [3.05, 3.63) is 24.3 Å². The van der Waals surface area contributed by atoms with Crippen molar-refractivity contribution in [3.8, 4) is 0 Å². The fraction of sp³-hybridized carbons (Fsp3) is 0. The number of para-hydroxylation sites is 1. The summed E-state index contributed by atoms with van der Waals surface area (Å²) in [4.78, 5) is 4.08. The van der Waals surface area contributed by atoms with Crippen LogP contribution in [-0.4, -0.2) is 27.7 Å². The molecule has 3 heteroatoms. The Balaban J connectivity index is 2.54. The number of hydrogen-bond donors (Lipinski definition) is 0. The van der Waals surface area contributed by atoms with E-state index in [-0.39, 0.29) is 0 Å². The molecule has 0 amide bonds. The van der Waals surface area contributed by atoms with Crippen LogP contribution < -0.4 is 3.61 Å². The molecule has 0 N–H and O–H groups in total. The summed E-state index contributed by atoms with van der Waals surface area (Å²) in [6.07, 6.45) is 1.55. The van der Waals surface area contributed by atoms with Crippen LogP contribution in [0, 0.1) is 0 Å². The van der Waals surface area contributed by atoms with Gasteiger partial charge in [-0.1, -0.05) is 0 Å². The normalized spacial score (nSPS) is 14.0. The summed E-state index contributed by atoms with van der Waals surface area (Å²) in [5.41, 5.74) is 1.08. The Morgan fingerprint density at radius 2 is 2.20 bits per heavy atom. The Morgan fingerprint density at radius 3 is 3.10 bits per heavy atom. The second-order valence-corrected chi connectivity index (χ2v) is 4.16. The predicted molar refractivity (Wildman–Crippen MR) is 41.1 cm³/mol. The average molecular weight is 247 g/mol. The number of benzene rings is 1. The van der Waals surface area contributed by atoms with E-state index in [9.17, 15) is 0 Å². The van der Waals surface area contributed by atoms with Gasteiger partial charge in [-0.25, -0.2) is 0 Å². The summed E-state index contributed by atoms with van der Waals surface area (Å²) in [6.45, 7) is 0. The summed E-state index contributed by atoms with van der Waals surface area (Å²) >= 11 is -0.419. The summed E-state index contributed by atoms with van der Waals surface area (Å²) in [6, 6.07) is 8.11. The summed E-state index contributed by atoms with van der Waals surface area (Å²) in [7, 11) is 0. The minimum atomic E-state index is -0.419. The van der Waals surface area contributed by atoms with Crippen LogP contribution in [0.15, 0.2) is 29.3 Å². The number of rotatable bonds is 0. The van der Waals surface area contributed by atoms with Crippen molar-refractivity contribution in [2.45, 2.75) is 0 Å². The molecule has 0 unspecified atom stereocenters. The molecule has 1 aromatic rings. The molecule has 1 aliphatic heterocycles. The maximum atomic E-state index is 5.13. The Kier molecular flexibility index (Phi) is 1.62. The third-order valence-corrected chi connectivity index (χ3v) is 3.26. The van der Waals surface area contributed by atoms with Gasteiger partial charge >= 0.3 is 69.4 Å². The molecule has 0 aromatic heterocycles. The van der Waals surface area contributed by atoms with Gasteiger partial charge in [-0.15, -0.1) is 0 Å². The van der Waals surface area contributed by atoms with Crippen molar-refractivity contribution in [1.29, 1.82) is 0 Å². The van der Waals surface area contributed by atoms with E-state index in [1.807, 2.05) is 18.2 Å². The quantitative estimate of drug-likeness (QED) is 0.615. The maximum absolute atomic E-state index is 5.13. The first-order valence-corrected chi connectivity index (χ1v) is 5.03. The van der Waals surface area contributed by atoms with Crippen LogP contribution in [-0.2, 0) is 3.10 Å². The standard InChI is InChI=1S/C7H5NOTe/c1-2-4-7-6(3-1)8-5-9-10-7/h1-5H. The van der Waals surface area contributed by atoms with E-state index < -0.39 is 21.3 Å². The fourth-order valence-corrected chi connectivity index (χ4v) is 2.30. The van der Waals surface area contributed by atoms with Crippen LogP contribution in [0.3, 0.4) is 0 Å². The molecule has 0 radical (unpaired) electrons. The third-order valence-electron chi connectivity index (χ3n) is 1.24. The molecule has 0 saturated heterocycles. The van der Waals surface area contributed by atoms with Crippen molar-refractivity contribution in [2.75, 3.05) is 0 Å². The Bertz CT molecular complexity index is 272. The third kappa shape index (κ3) is 1.03. The van der Waals surface area contributed by atoms with Crippen molar-refractivity contribution in [1.82, 2.24) is 0 Å². The van der Waals surface area contributed by atoms with Crippen LogP contribution in [0.5, 0.6) is 0 Å². The SMILES string of the molecule is C1=Nc2ccccc2[Te]O1. The Labute approximate surface area is 69.5 Å². The molecule has 0 aliphatic carbocycles. The van der Waals surface area contributed by atoms with E-state index in [2.05, 4.69) is 11.1 Å². The number of aliphatic imine (C=N–C) groups is 1. The zero-order valence-corrected chi connectivity index (χ0v) is 7.48. The van der Waals surface area contributed by atoms with Gasteiger partial charge in [0, 0.05) is 0 Å². The molecule has 2 nitrogen and oxygen atoms in total. The topological polar surface area (TPSA) is 21.6 Å². The van der Waals surface area contributed by atoms with Crippen molar-refractivity contribution in [3.63, 3.8) is 0 Å². The van der Waals surface area contributed by atoms with E-state index in [1.54, 1.807) is 6.40 Å². The first-order valence-electron chi connectivity index (χ1n) is 2.92. The number of hydrogen-bond acceptors (Lipinski definition) is 2. The first kappa shape index (κ1) is 6.21. The molecular weight excluding hydrogens is 242 g/mol. The zero-order valence-electron chi connectivity index (χ0n) is 5.15. The second kappa shape index (κ2) is 2.61. The summed E-state index contributed by atoms with van der Waals surface area (Å²) in [5, 5.41) is 0. The fourth-order valence-electron chi connectivity index (χ4n) is 0.786. The van der Waals surface area contributed by atoms with Crippen molar-refractivity contribution >= 4 is 37.0 Å². The summed E-state index contributed by atoms with van der Waals surface area (Å²) in [5.74, 6) is 0. The van der Waals surface area contributed by atoms with Crippen LogP contribution in [0.1, 0.15) is 0 Å². The molecule has 0 fully saturated rings. The molecule has 2 rings (SSSR count). The molecule has 10 heavy (non-hydrogen) atoms. The van der Waals surface area contributed by atoms with Crippen LogP contribution >= 0.6 is 0 Å². The molecule has 0 saturated carbocycles. The van der Waals surface area contributed by atoms with E-state index in [1.165, 1.54) is 3.61 Å². The van der Waals surface area contributed by atoms with Gasteiger partial charge in [-0.05, 0) is 0 Å². The van der Waals surface area contributed by atoms with Crippen LogP contribution in [0.25, 0.3) is 0 Å². The van der Waals surface area contributed by atoms with E-state index in [0.29, 0.717) is 0 Å². The van der Waals surface area contributed by atoms with Gasteiger partial charge in [0.1, 0.15) is 0 Å².